The first-order chi connectivity index (χ1) is 15.6. The van der Waals surface area contributed by atoms with Crippen molar-refractivity contribution in [3.05, 3.63) is 0 Å². The van der Waals surface area contributed by atoms with Crippen LogP contribution in [0.5, 0.6) is 0 Å². The van der Waals surface area contributed by atoms with E-state index in [0.717, 1.165) is 24.2 Å². The molecule has 6 fully saturated rings. The van der Waals surface area contributed by atoms with E-state index in [0.29, 0.717) is 29.8 Å². The fraction of sp³-hybridized carbons (Fsp3) is 1.00. The van der Waals surface area contributed by atoms with Gasteiger partial charge in [-0.1, -0.05) is 20.8 Å². The molecular weight excluding hydrogens is 416 g/mol. The molecule has 0 amide bonds. The van der Waals surface area contributed by atoms with Gasteiger partial charge in [0, 0.05) is 19.4 Å². The van der Waals surface area contributed by atoms with Crippen LogP contribution in [0.2, 0.25) is 0 Å². The van der Waals surface area contributed by atoms with Crippen molar-refractivity contribution in [3.8, 4) is 0 Å². The number of hydrogen-bond acceptors (Lipinski definition) is 5. The van der Waals surface area contributed by atoms with Gasteiger partial charge in [-0.3, -0.25) is 0 Å². The van der Waals surface area contributed by atoms with Gasteiger partial charge >= 0.3 is 0 Å². The van der Waals surface area contributed by atoms with E-state index in [2.05, 4.69) is 20.8 Å². The molecule has 4 saturated carbocycles. The average Bonchev–Trinajstić information content (AvgIpc) is 3.34. The van der Waals surface area contributed by atoms with Crippen molar-refractivity contribution >= 4 is 0 Å². The summed E-state index contributed by atoms with van der Waals surface area (Å²) in [5.74, 6) is 2.79. The number of aliphatic hydroxyl groups excluding tert-OH is 2. The Balaban J connectivity index is 1.26. The Bertz CT molecular complexity index is 788. The Morgan fingerprint density at radius 3 is 2.42 bits per heavy atom. The molecule has 188 valence electrons. The van der Waals surface area contributed by atoms with Crippen molar-refractivity contribution in [1.82, 2.24) is 0 Å². The van der Waals surface area contributed by atoms with Gasteiger partial charge in [-0.2, -0.15) is 0 Å². The summed E-state index contributed by atoms with van der Waals surface area (Å²) < 4.78 is 18.9. The van der Waals surface area contributed by atoms with E-state index in [9.17, 15) is 10.2 Å². The third-order valence-corrected chi connectivity index (χ3v) is 12.4. The molecule has 6 rings (SSSR count). The van der Waals surface area contributed by atoms with Crippen LogP contribution in [0.4, 0.5) is 0 Å². The fourth-order valence-electron chi connectivity index (χ4n) is 10.7. The zero-order valence-electron chi connectivity index (χ0n) is 21.4. The van der Waals surface area contributed by atoms with E-state index in [-0.39, 0.29) is 24.0 Å². The number of fused-ring (bicyclic) bond motifs is 7. The monoisotopic (exact) mass is 462 g/mol. The molecule has 13 atom stereocenters. The molecule has 2 aliphatic heterocycles. The molecule has 0 aromatic carbocycles. The highest BCUT2D eigenvalue weighted by molar-refractivity contribution is 5.17. The quantitative estimate of drug-likeness (QED) is 0.631. The number of methoxy groups -OCH3 is 1. The van der Waals surface area contributed by atoms with Gasteiger partial charge in [0.15, 0.2) is 5.79 Å². The lowest BCUT2D eigenvalue weighted by Gasteiger charge is -2.61. The highest BCUT2D eigenvalue weighted by Crippen LogP contribution is 2.71. The van der Waals surface area contributed by atoms with Gasteiger partial charge in [-0.15, -0.1) is 0 Å². The lowest BCUT2D eigenvalue weighted by Crippen LogP contribution is -2.55. The molecule has 2 heterocycles. The van der Waals surface area contributed by atoms with Crippen LogP contribution in [0.15, 0.2) is 0 Å². The summed E-state index contributed by atoms with van der Waals surface area (Å²) in [6.45, 7) is 9.24. The molecule has 0 aromatic heterocycles. The lowest BCUT2D eigenvalue weighted by atomic mass is 9.44. The summed E-state index contributed by atoms with van der Waals surface area (Å²) in [7, 11) is 1.89. The zero-order valence-corrected chi connectivity index (χ0v) is 21.4. The number of ether oxygens (including phenoxy) is 3. The third kappa shape index (κ3) is 2.95. The van der Waals surface area contributed by atoms with Crippen LogP contribution >= 0.6 is 0 Å². The maximum Gasteiger partial charge on any atom is 0.198 e. The van der Waals surface area contributed by atoms with E-state index >= 15 is 0 Å². The molecule has 0 aromatic rings. The van der Waals surface area contributed by atoms with Gasteiger partial charge in [0.2, 0.25) is 0 Å². The van der Waals surface area contributed by atoms with Gasteiger partial charge in [-0.25, -0.2) is 0 Å². The van der Waals surface area contributed by atoms with E-state index < -0.39 is 17.5 Å². The minimum absolute atomic E-state index is 0.0788. The Morgan fingerprint density at radius 1 is 0.970 bits per heavy atom. The standard InChI is InChI=1S/C28H46O5/c1-16-24-22(32-28(16)23(30)14-25(2,15-29)33-28)13-21-19-7-6-17-12-18(31-5)8-10-26(17,3)20(19)9-11-27(21,24)4/h16-24,29-30H,6-15H2,1-5H3/t16-,17-,18-,19+,20-,21-,22-,23+,24-,25-,26-,27-,28+/m0/s1. The maximum atomic E-state index is 11.1. The summed E-state index contributed by atoms with van der Waals surface area (Å²) in [5.41, 5.74) is 0.0135. The van der Waals surface area contributed by atoms with Crippen molar-refractivity contribution < 1.29 is 24.4 Å². The molecule has 0 unspecified atom stereocenters. The Morgan fingerprint density at radius 2 is 1.73 bits per heavy atom. The number of rotatable bonds is 2. The van der Waals surface area contributed by atoms with Crippen LogP contribution in [0, 0.1) is 46.3 Å². The van der Waals surface area contributed by atoms with Crippen molar-refractivity contribution in [3.63, 3.8) is 0 Å². The van der Waals surface area contributed by atoms with Gasteiger partial charge < -0.3 is 24.4 Å². The highest BCUT2D eigenvalue weighted by atomic mass is 16.7. The summed E-state index contributed by atoms with van der Waals surface area (Å²) in [6, 6.07) is 0. The Kier molecular flexibility index (Phi) is 5.21. The molecule has 6 aliphatic rings. The second-order valence-electron chi connectivity index (χ2n) is 13.7. The minimum atomic E-state index is -0.945. The molecular formula is C28H46O5. The molecule has 33 heavy (non-hydrogen) atoms. The third-order valence-electron chi connectivity index (χ3n) is 12.4. The van der Waals surface area contributed by atoms with E-state index in [1.54, 1.807) is 0 Å². The minimum Gasteiger partial charge on any atom is -0.393 e. The first-order valence-electron chi connectivity index (χ1n) is 13.8. The molecule has 5 heteroatoms. The van der Waals surface area contributed by atoms with Crippen molar-refractivity contribution in [1.29, 1.82) is 0 Å². The summed E-state index contributed by atoms with van der Waals surface area (Å²) in [6.07, 6.45) is 10.7. The van der Waals surface area contributed by atoms with Crippen LogP contribution in [0.1, 0.15) is 85.5 Å². The number of aliphatic hydroxyl groups is 2. The molecule has 2 N–H and O–H groups in total. The zero-order chi connectivity index (χ0) is 23.4. The van der Waals surface area contributed by atoms with E-state index in [4.69, 9.17) is 14.2 Å². The second kappa shape index (κ2) is 7.41. The summed E-state index contributed by atoms with van der Waals surface area (Å²) in [5, 5.41) is 21.0. The first-order valence-corrected chi connectivity index (χ1v) is 13.8. The topological polar surface area (TPSA) is 68.2 Å². The van der Waals surface area contributed by atoms with Crippen LogP contribution in [-0.2, 0) is 14.2 Å². The van der Waals surface area contributed by atoms with E-state index in [1.165, 1.54) is 44.9 Å². The van der Waals surface area contributed by atoms with Crippen molar-refractivity contribution in [2.75, 3.05) is 13.7 Å². The fourth-order valence-corrected chi connectivity index (χ4v) is 10.7. The van der Waals surface area contributed by atoms with Crippen molar-refractivity contribution in [2.24, 2.45) is 46.3 Å². The summed E-state index contributed by atoms with van der Waals surface area (Å²) >= 11 is 0. The van der Waals surface area contributed by atoms with Crippen LogP contribution in [-0.4, -0.2) is 53.6 Å². The average molecular weight is 463 g/mol. The molecule has 0 radical (unpaired) electrons. The molecule has 5 nitrogen and oxygen atoms in total. The maximum absolute atomic E-state index is 11.1. The lowest BCUT2D eigenvalue weighted by molar-refractivity contribution is -0.285. The van der Waals surface area contributed by atoms with Crippen LogP contribution in [0.3, 0.4) is 0 Å². The molecule has 1 spiro atoms. The predicted octanol–water partition coefficient (Wildman–Crippen LogP) is 4.53. The van der Waals surface area contributed by atoms with Crippen LogP contribution in [0.25, 0.3) is 0 Å². The Labute approximate surface area is 199 Å². The smallest absolute Gasteiger partial charge is 0.198 e. The van der Waals surface area contributed by atoms with E-state index in [1.807, 2.05) is 14.0 Å². The number of hydrogen-bond donors (Lipinski definition) is 2. The first kappa shape index (κ1) is 23.2. The van der Waals surface area contributed by atoms with Gasteiger partial charge in [0.05, 0.1) is 24.4 Å². The molecule has 0 bridgehead atoms. The van der Waals surface area contributed by atoms with Gasteiger partial charge in [-0.05, 0) is 98.7 Å². The molecule has 2 saturated heterocycles. The van der Waals surface area contributed by atoms with Gasteiger partial charge in [0.1, 0.15) is 6.10 Å². The Hall–Kier alpha value is -0.200. The highest BCUT2D eigenvalue weighted by Gasteiger charge is 2.72. The summed E-state index contributed by atoms with van der Waals surface area (Å²) in [4.78, 5) is 0. The second-order valence-corrected chi connectivity index (χ2v) is 13.7. The molecule has 4 aliphatic carbocycles. The van der Waals surface area contributed by atoms with Crippen LogP contribution < -0.4 is 0 Å². The largest absolute Gasteiger partial charge is 0.393 e. The SMILES string of the molecule is CO[C@H]1CC[C@@]2(C)[C@@H](CC[C@@H]3[C@@H]2CC[C@]2(C)[C@@H]4[C@H](C[C@@H]32)O[C@@]2(O[C@](C)(CO)C[C@H]2O)[C@H]4C)C1. The van der Waals surface area contributed by atoms with Gasteiger partial charge in [0.25, 0.3) is 0 Å². The van der Waals surface area contributed by atoms with Crippen molar-refractivity contribution in [2.45, 2.75) is 115 Å². The normalized spacial score (nSPS) is 62.1. The predicted molar refractivity (Wildman–Crippen MR) is 125 cm³/mol.